The molecule has 2 N–H and O–H groups in total. The van der Waals surface area contributed by atoms with E-state index in [1.165, 1.54) is 18.5 Å². The van der Waals surface area contributed by atoms with E-state index >= 15 is 0 Å². The van der Waals surface area contributed by atoms with Gasteiger partial charge in [-0.25, -0.2) is 18.4 Å². The second-order valence-electron chi connectivity index (χ2n) is 5.36. The van der Waals surface area contributed by atoms with E-state index in [4.69, 9.17) is 0 Å². The zero-order chi connectivity index (χ0) is 17.9. The van der Waals surface area contributed by atoms with Gasteiger partial charge in [-0.1, -0.05) is 0 Å². The van der Waals surface area contributed by atoms with Crippen molar-refractivity contribution in [2.75, 3.05) is 35.8 Å². The summed E-state index contributed by atoms with van der Waals surface area (Å²) in [5.41, 5.74) is -0.179. The van der Waals surface area contributed by atoms with E-state index in [-0.39, 0.29) is 16.4 Å². The van der Waals surface area contributed by atoms with Crippen LogP contribution in [0.25, 0.3) is 0 Å². The number of rotatable bonds is 5. The minimum atomic E-state index is -3.90. The average molecular weight is 364 g/mol. The van der Waals surface area contributed by atoms with Gasteiger partial charge < -0.3 is 10.2 Å². The Labute approximate surface area is 144 Å². The van der Waals surface area contributed by atoms with E-state index < -0.39 is 14.9 Å². The third-order valence-electron chi connectivity index (χ3n) is 3.69. The van der Waals surface area contributed by atoms with Crippen molar-refractivity contribution in [1.29, 1.82) is 0 Å². The number of nitro benzene ring substituents is 1. The van der Waals surface area contributed by atoms with E-state index in [0.717, 1.165) is 38.3 Å². The Morgan fingerprint density at radius 1 is 1.16 bits per heavy atom. The Balaban J connectivity index is 1.79. The van der Waals surface area contributed by atoms with Crippen LogP contribution in [0.1, 0.15) is 0 Å². The summed E-state index contributed by atoms with van der Waals surface area (Å²) in [5, 5.41) is 13.9. The Morgan fingerprint density at radius 3 is 2.48 bits per heavy atom. The summed E-state index contributed by atoms with van der Waals surface area (Å²) in [5.74, 6) is 0.778. The van der Waals surface area contributed by atoms with E-state index in [1.54, 1.807) is 6.07 Å². The molecule has 10 nitrogen and oxygen atoms in total. The topological polar surface area (TPSA) is 130 Å². The molecule has 1 aromatic heterocycles. The summed E-state index contributed by atoms with van der Waals surface area (Å²) in [6.07, 6.45) is 1.30. The molecular weight excluding hydrogens is 348 g/mol. The lowest BCUT2D eigenvalue weighted by Gasteiger charge is -2.28. The van der Waals surface area contributed by atoms with Gasteiger partial charge in [-0.05, 0) is 12.1 Å². The van der Waals surface area contributed by atoms with Crippen LogP contribution in [0.3, 0.4) is 0 Å². The van der Waals surface area contributed by atoms with Crippen LogP contribution in [-0.4, -0.2) is 49.5 Å². The highest BCUT2D eigenvalue weighted by Crippen LogP contribution is 2.20. The fourth-order valence-corrected chi connectivity index (χ4v) is 3.41. The van der Waals surface area contributed by atoms with Crippen molar-refractivity contribution < 1.29 is 13.3 Å². The lowest BCUT2D eigenvalue weighted by Crippen LogP contribution is -2.43. The first kappa shape index (κ1) is 17.0. The number of nitrogens with one attached hydrogen (secondary N) is 2. The molecule has 1 fully saturated rings. The smallest absolute Gasteiger partial charge is 0.269 e. The van der Waals surface area contributed by atoms with Crippen molar-refractivity contribution in [2.45, 2.75) is 4.90 Å². The predicted molar refractivity (Wildman–Crippen MR) is 91.0 cm³/mol. The molecule has 25 heavy (non-hydrogen) atoms. The highest BCUT2D eigenvalue weighted by atomic mass is 32.2. The maximum Gasteiger partial charge on any atom is 0.269 e. The Bertz CT molecular complexity index is 865. The number of non-ortho nitro benzene ring substituents is 1. The number of nitro groups is 1. The summed E-state index contributed by atoms with van der Waals surface area (Å²) >= 11 is 0. The molecule has 1 aromatic carbocycles. The number of benzene rings is 1. The maximum atomic E-state index is 12.4. The van der Waals surface area contributed by atoms with E-state index in [9.17, 15) is 18.5 Å². The van der Waals surface area contributed by atoms with E-state index in [1.807, 2.05) is 4.90 Å². The summed E-state index contributed by atoms with van der Waals surface area (Å²) in [7, 11) is -3.90. The second-order valence-corrected chi connectivity index (χ2v) is 7.04. The van der Waals surface area contributed by atoms with Crippen molar-refractivity contribution >= 4 is 27.3 Å². The van der Waals surface area contributed by atoms with Gasteiger partial charge in [-0.15, -0.1) is 0 Å². The molecule has 1 aliphatic heterocycles. The molecule has 132 valence electrons. The Morgan fingerprint density at radius 2 is 1.84 bits per heavy atom. The minimum absolute atomic E-state index is 0.0829. The van der Waals surface area contributed by atoms with Gasteiger partial charge in [-0.3, -0.25) is 14.8 Å². The highest BCUT2D eigenvalue weighted by Gasteiger charge is 2.18. The molecule has 0 unspecified atom stereocenters. The Hall–Kier alpha value is -2.79. The molecular formula is C14H16N6O4S. The first-order valence-electron chi connectivity index (χ1n) is 7.51. The van der Waals surface area contributed by atoms with E-state index in [0.29, 0.717) is 5.82 Å². The van der Waals surface area contributed by atoms with Crippen LogP contribution >= 0.6 is 0 Å². The molecule has 2 aromatic rings. The summed E-state index contributed by atoms with van der Waals surface area (Å²) in [4.78, 5) is 20.1. The van der Waals surface area contributed by atoms with Gasteiger partial charge in [0.05, 0.1) is 9.82 Å². The van der Waals surface area contributed by atoms with Crippen LogP contribution in [-0.2, 0) is 10.0 Å². The quantitative estimate of drug-likeness (QED) is 0.582. The van der Waals surface area contributed by atoms with Gasteiger partial charge in [0, 0.05) is 44.4 Å². The lowest BCUT2D eigenvalue weighted by molar-refractivity contribution is -0.384. The van der Waals surface area contributed by atoms with Gasteiger partial charge in [0.15, 0.2) is 0 Å². The molecule has 0 amide bonds. The van der Waals surface area contributed by atoms with Crippen LogP contribution in [0.15, 0.2) is 41.6 Å². The summed E-state index contributed by atoms with van der Waals surface area (Å²) in [6, 6.07) is 6.20. The van der Waals surface area contributed by atoms with Gasteiger partial charge in [0.2, 0.25) is 0 Å². The molecule has 0 saturated carbocycles. The lowest BCUT2D eigenvalue weighted by atomic mass is 10.3. The number of sulfonamides is 1. The number of anilines is 2. The third kappa shape index (κ3) is 4.00. The highest BCUT2D eigenvalue weighted by molar-refractivity contribution is 7.92. The molecule has 0 aliphatic carbocycles. The average Bonchev–Trinajstić information content (AvgIpc) is 2.62. The largest absolute Gasteiger partial charge is 0.354 e. The van der Waals surface area contributed by atoms with Crippen molar-refractivity contribution in [3.63, 3.8) is 0 Å². The summed E-state index contributed by atoms with van der Waals surface area (Å²) < 4.78 is 27.2. The number of nitrogens with zero attached hydrogens (tertiary/aromatic N) is 4. The molecule has 0 spiro atoms. The zero-order valence-corrected chi connectivity index (χ0v) is 13.9. The van der Waals surface area contributed by atoms with E-state index in [2.05, 4.69) is 20.0 Å². The molecule has 0 atom stereocenters. The number of hydrogen-bond acceptors (Lipinski definition) is 8. The van der Waals surface area contributed by atoms with Crippen LogP contribution in [0.4, 0.5) is 17.3 Å². The van der Waals surface area contributed by atoms with Gasteiger partial charge in [-0.2, -0.15) is 0 Å². The van der Waals surface area contributed by atoms with Crippen LogP contribution in [0.5, 0.6) is 0 Å². The molecule has 11 heteroatoms. The normalized spacial score (nSPS) is 15.0. The molecule has 0 radical (unpaired) electrons. The molecule has 2 heterocycles. The fraction of sp³-hybridized carbons (Fsp3) is 0.286. The minimum Gasteiger partial charge on any atom is -0.354 e. The second kappa shape index (κ2) is 6.99. The van der Waals surface area contributed by atoms with Gasteiger partial charge in [0.1, 0.15) is 18.0 Å². The zero-order valence-electron chi connectivity index (χ0n) is 13.1. The first-order chi connectivity index (χ1) is 12.0. The molecule has 1 aliphatic rings. The number of aromatic nitrogens is 2. The third-order valence-corrected chi connectivity index (χ3v) is 5.06. The van der Waals surface area contributed by atoms with Crippen molar-refractivity contribution in [3.05, 3.63) is 46.8 Å². The molecule has 0 bridgehead atoms. The number of piperazine rings is 1. The van der Waals surface area contributed by atoms with Crippen LogP contribution in [0, 0.1) is 10.1 Å². The number of hydrogen-bond donors (Lipinski definition) is 2. The van der Waals surface area contributed by atoms with Gasteiger partial charge >= 0.3 is 0 Å². The van der Waals surface area contributed by atoms with Crippen LogP contribution < -0.4 is 14.9 Å². The molecule has 1 saturated heterocycles. The van der Waals surface area contributed by atoms with Crippen molar-refractivity contribution in [3.8, 4) is 0 Å². The summed E-state index contributed by atoms with van der Waals surface area (Å²) in [6.45, 7) is 3.19. The Kier molecular flexibility index (Phi) is 4.76. The van der Waals surface area contributed by atoms with Gasteiger partial charge in [0.25, 0.3) is 15.7 Å². The fourth-order valence-electron chi connectivity index (χ4n) is 2.41. The maximum absolute atomic E-state index is 12.4. The molecule has 3 rings (SSSR count). The standard InChI is InChI=1S/C14H16N6O4S/c21-20(22)11-1-3-12(4-2-11)25(23,24)18-13-9-14(17-10-16-13)19-7-5-15-6-8-19/h1-4,9-10,15H,5-8H2,(H,16,17,18). The van der Waals surface area contributed by atoms with Crippen molar-refractivity contribution in [1.82, 2.24) is 15.3 Å². The first-order valence-corrected chi connectivity index (χ1v) is 8.99. The SMILES string of the molecule is O=[N+]([O-])c1ccc(S(=O)(=O)Nc2cc(N3CCNCC3)ncn2)cc1. The monoisotopic (exact) mass is 364 g/mol. The van der Waals surface area contributed by atoms with Crippen LogP contribution in [0.2, 0.25) is 0 Å². The van der Waals surface area contributed by atoms with Crippen molar-refractivity contribution in [2.24, 2.45) is 0 Å². The predicted octanol–water partition coefficient (Wildman–Crippen LogP) is 0.595.